The topological polar surface area (TPSA) is 96.6 Å². The van der Waals surface area contributed by atoms with Crippen LogP contribution in [0.5, 0.6) is 0 Å². The van der Waals surface area contributed by atoms with Crippen LogP contribution in [0.1, 0.15) is 36.6 Å². The Morgan fingerprint density at radius 3 is 2.41 bits per heavy atom. The summed E-state index contributed by atoms with van der Waals surface area (Å²) in [5.41, 5.74) is 2.77. The van der Waals surface area contributed by atoms with Crippen LogP contribution in [0.15, 0.2) is 98.6 Å². The second kappa shape index (κ2) is 10.0. The fraction of sp³-hybridized carbons (Fsp3) is 0.300. The molecule has 3 heterocycles. The van der Waals surface area contributed by atoms with Crippen molar-refractivity contribution in [2.24, 2.45) is 4.40 Å². The zero-order chi connectivity index (χ0) is 27.2. The summed E-state index contributed by atoms with van der Waals surface area (Å²) in [6, 6.07) is 25.4. The molecule has 0 amide bonds. The molecule has 0 unspecified atom stereocenters. The van der Waals surface area contributed by atoms with Gasteiger partial charge in [-0.05, 0) is 50.6 Å². The Morgan fingerprint density at radius 2 is 1.64 bits per heavy atom. The van der Waals surface area contributed by atoms with Gasteiger partial charge in [0.1, 0.15) is 23.9 Å². The Hall–Kier alpha value is -3.34. The lowest BCUT2D eigenvalue weighted by molar-refractivity contribution is -0.220. The predicted octanol–water partition coefficient (Wildman–Crippen LogP) is 5.17. The van der Waals surface area contributed by atoms with Gasteiger partial charge in [-0.15, -0.1) is 4.40 Å². The lowest BCUT2D eigenvalue weighted by atomic mass is 10.0. The maximum Gasteiger partial charge on any atom is 0.285 e. The molecule has 2 fully saturated rings. The number of benzene rings is 3. The maximum atomic E-state index is 13.3. The van der Waals surface area contributed by atoms with Crippen LogP contribution in [0, 0.1) is 6.92 Å². The summed E-state index contributed by atoms with van der Waals surface area (Å²) in [5, 5.41) is 0.767. The summed E-state index contributed by atoms with van der Waals surface area (Å²) in [6.45, 7) is 5.83. The summed E-state index contributed by atoms with van der Waals surface area (Å²) in [5.74, 6) is -0.857. The summed E-state index contributed by atoms with van der Waals surface area (Å²) >= 11 is 0. The molecule has 202 valence electrons. The van der Waals surface area contributed by atoms with Crippen molar-refractivity contribution in [3.63, 3.8) is 0 Å². The zero-order valence-electron chi connectivity index (χ0n) is 21.8. The van der Waals surface area contributed by atoms with E-state index in [4.69, 9.17) is 23.4 Å². The van der Waals surface area contributed by atoms with Crippen molar-refractivity contribution in [1.29, 1.82) is 0 Å². The molecule has 4 aromatic rings. The standard InChI is InChI=1S/C30H29NO7S/c1-19-13-15-22(16-14-19)39(32,33)31-28-23(17-21-11-7-8-12-24(21)35-28)25-26(34-18-20-9-5-4-6-10-20)27-29(36-25)38-30(2,3)37-27/h4-17,25-27,29H,18H2,1-3H3/b31-28+/t25-,26+,27-,29-/m1/s1. The molecule has 2 saturated heterocycles. The lowest BCUT2D eigenvalue weighted by Gasteiger charge is -2.26. The van der Waals surface area contributed by atoms with Crippen molar-refractivity contribution in [3.05, 3.63) is 107 Å². The Kier molecular flexibility index (Phi) is 6.65. The third-order valence-electron chi connectivity index (χ3n) is 6.79. The maximum absolute atomic E-state index is 13.3. The van der Waals surface area contributed by atoms with Gasteiger partial charge in [-0.3, -0.25) is 0 Å². The van der Waals surface area contributed by atoms with Crippen LogP contribution in [0.2, 0.25) is 0 Å². The Morgan fingerprint density at radius 1 is 0.923 bits per heavy atom. The molecular formula is C30H29NO7S. The van der Waals surface area contributed by atoms with Gasteiger partial charge >= 0.3 is 0 Å². The van der Waals surface area contributed by atoms with Crippen LogP contribution in [0.4, 0.5) is 0 Å². The lowest BCUT2D eigenvalue weighted by Crippen LogP contribution is -2.35. The number of sulfonamides is 1. The summed E-state index contributed by atoms with van der Waals surface area (Å²) in [4.78, 5) is 0.0666. The summed E-state index contributed by atoms with van der Waals surface area (Å²) < 4.78 is 61.9. The number of aryl methyl sites for hydroxylation is 1. The third-order valence-corrected chi connectivity index (χ3v) is 8.06. The van der Waals surface area contributed by atoms with Gasteiger partial charge in [-0.2, -0.15) is 8.42 Å². The second-order valence-electron chi connectivity index (χ2n) is 10.2. The van der Waals surface area contributed by atoms with Crippen LogP contribution < -0.4 is 5.55 Å². The van der Waals surface area contributed by atoms with Crippen LogP contribution in [0.3, 0.4) is 0 Å². The summed E-state index contributed by atoms with van der Waals surface area (Å²) in [6.07, 6.45) is -2.63. The van der Waals surface area contributed by atoms with Gasteiger partial charge in [0.2, 0.25) is 5.55 Å². The highest BCUT2D eigenvalue weighted by atomic mass is 32.2. The Bertz CT molecular complexity index is 1660. The first-order chi connectivity index (χ1) is 18.7. The van der Waals surface area contributed by atoms with Crippen LogP contribution in [-0.2, 0) is 35.6 Å². The van der Waals surface area contributed by atoms with Gasteiger partial charge in [-0.25, -0.2) is 0 Å². The molecule has 0 aliphatic carbocycles. The molecule has 8 nitrogen and oxygen atoms in total. The number of hydrogen-bond acceptors (Lipinski definition) is 7. The highest BCUT2D eigenvalue weighted by Crippen LogP contribution is 2.44. The van der Waals surface area contributed by atoms with Crippen LogP contribution in [-0.4, -0.2) is 32.7 Å². The molecule has 0 spiro atoms. The molecule has 3 aromatic carbocycles. The smallest absolute Gasteiger partial charge is 0.285 e. The number of fused-ring (bicyclic) bond motifs is 2. The molecule has 0 N–H and O–H groups in total. The van der Waals surface area contributed by atoms with Crippen molar-refractivity contribution in [2.45, 2.75) is 62.7 Å². The normalized spacial score (nSPS) is 24.7. The molecule has 0 bridgehead atoms. The van der Waals surface area contributed by atoms with Crippen molar-refractivity contribution in [2.75, 3.05) is 0 Å². The molecule has 6 rings (SSSR count). The predicted molar refractivity (Wildman–Crippen MR) is 143 cm³/mol. The van der Waals surface area contributed by atoms with E-state index in [1.165, 1.54) is 12.1 Å². The van der Waals surface area contributed by atoms with E-state index in [-0.39, 0.29) is 10.4 Å². The van der Waals surface area contributed by atoms with Crippen molar-refractivity contribution >= 4 is 21.0 Å². The minimum atomic E-state index is -4.09. The number of rotatable bonds is 6. The van der Waals surface area contributed by atoms with Gasteiger partial charge in [-0.1, -0.05) is 66.2 Å². The fourth-order valence-electron chi connectivity index (χ4n) is 4.91. The number of ether oxygens (including phenoxy) is 4. The average molecular weight is 548 g/mol. The van der Waals surface area contributed by atoms with Gasteiger partial charge in [0.05, 0.1) is 11.5 Å². The minimum absolute atomic E-state index is 0.0666. The monoisotopic (exact) mass is 547 g/mol. The second-order valence-corrected chi connectivity index (χ2v) is 11.8. The molecule has 0 radical (unpaired) electrons. The largest absolute Gasteiger partial charge is 0.437 e. The van der Waals surface area contributed by atoms with Gasteiger partial charge in [0.15, 0.2) is 12.1 Å². The van der Waals surface area contributed by atoms with E-state index in [1.807, 2.05) is 75.4 Å². The first kappa shape index (κ1) is 25.9. The average Bonchev–Trinajstić information content (AvgIpc) is 3.39. The fourth-order valence-corrected chi connectivity index (χ4v) is 5.86. The van der Waals surface area contributed by atoms with E-state index >= 15 is 0 Å². The molecule has 2 aliphatic rings. The highest BCUT2D eigenvalue weighted by molar-refractivity contribution is 7.90. The first-order valence-corrected chi connectivity index (χ1v) is 14.2. The van der Waals surface area contributed by atoms with E-state index in [2.05, 4.69) is 4.40 Å². The molecule has 9 heteroatoms. The highest BCUT2D eigenvalue weighted by Gasteiger charge is 2.56. The van der Waals surface area contributed by atoms with E-state index in [0.29, 0.717) is 17.8 Å². The molecule has 39 heavy (non-hydrogen) atoms. The van der Waals surface area contributed by atoms with Gasteiger partial charge in [0, 0.05) is 10.9 Å². The molecule has 0 saturated carbocycles. The van der Waals surface area contributed by atoms with E-state index in [0.717, 1.165) is 16.5 Å². The van der Waals surface area contributed by atoms with Crippen molar-refractivity contribution in [3.8, 4) is 0 Å². The molecular weight excluding hydrogens is 518 g/mol. The van der Waals surface area contributed by atoms with Crippen LogP contribution >= 0.6 is 0 Å². The molecule has 4 atom stereocenters. The Labute approximate surface area is 226 Å². The molecule has 1 aromatic heterocycles. The van der Waals surface area contributed by atoms with E-state index in [9.17, 15) is 8.42 Å². The quantitative estimate of drug-likeness (QED) is 0.329. The van der Waals surface area contributed by atoms with Crippen LogP contribution in [0.25, 0.3) is 11.0 Å². The number of para-hydroxylation sites is 1. The van der Waals surface area contributed by atoms with Gasteiger partial charge < -0.3 is 23.4 Å². The van der Waals surface area contributed by atoms with E-state index < -0.39 is 40.4 Å². The van der Waals surface area contributed by atoms with Gasteiger partial charge in [0.25, 0.3) is 10.0 Å². The zero-order valence-corrected chi connectivity index (χ0v) is 22.6. The van der Waals surface area contributed by atoms with Crippen molar-refractivity contribution in [1.82, 2.24) is 0 Å². The molecule has 2 aliphatic heterocycles. The number of nitrogens with zero attached hydrogens (tertiary/aromatic N) is 1. The Balaban J connectivity index is 1.46. The summed E-state index contributed by atoms with van der Waals surface area (Å²) in [7, 11) is -4.09. The van der Waals surface area contributed by atoms with Crippen molar-refractivity contribution < 1.29 is 31.8 Å². The van der Waals surface area contributed by atoms with E-state index in [1.54, 1.807) is 18.2 Å². The third kappa shape index (κ3) is 5.28. The minimum Gasteiger partial charge on any atom is -0.437 e. The first-order valence-electron chi connectivity index (χ1n) is 12.8. The number of hydrogen-bond donors (Lipinski definition) is 0. The SMILES string of the molecule is Cc1ccc(S(=O)(=O)/N=c2/oc3ccccc3cc2[C@H]2O[C@@H]3OC(C)(C)O[C@@H]3[C@H]2OCc2ccccc2)cc1.